The molecule has 0 amide bonds. The highest BCUT2D eigenvalue weighted by molar-refractivity contribution is 7.98. The van der Waals surface area contributed by atoms with E-state index in [1.54, 1.807) is 11.8 Å². The van der Waals surface area contributed by atoms with E-state index < -0.39 is 0 Å². The van der Waals surface area contributed by atoms with Gasteiger partial charge in [-0.1, -0.05) is 112 Å². The standard InChI is InChI=1S/C6H12.C6H14.C5H12O.C5H12.C3H8OS.C3H8O/c1-4-5-6(2)3;1-3-5-6-4-2;1-5(2)3-4-6;1-3-5-4-2;1-5-3-2-4;1-2-3-4/h5H,4H2,1-3H3;3-6H2,1-2H3;5-6H,3-4H2,1-2H3;3-5H2,1-2H3;4H,2-3H2,1H3;4H,2-3H2,1H3. The lowest BCUT2D eigenvalue weighted by atomic mass is 10.2. The first-order valence-corrected chi connectivity index (χ1v) is 14.5. The summed E-state index contributed by atoms with van der Waals surface area (Å²) >= 11 is 1.65. The number of rotatable bonds is 11. The minimum atomic E-state index is 0.307. The van der Waals surface area contributed by atoms with Gasteiger partial charge in [0.15, 0.2) is 0 Å². The number of thioether (sulfide) groups is 1. The topological polar surface area (TPSA) is 60.7 Å². The Hall–Kier alpha value is -0.0300. The van der Waals surface area contributed by atoms with Crippen LogP contribution in [0.1, 0.15) is 133 Å². The minimum absolute atomic E-state index is 0.307. The van der Waals surface area contributed by atoms with Crippen molar-refractivity contribution in [3.63, 3.8) is 0 Å². The summed E-state index contributed by atoms with van der Waals surface area (Å²) in [5.74, 6) is 1.51. The van der Waals surface area contributed by atoms with E-state index >= 15 is 0 Å². The van der Waals surface area contributed by atoms with Crippen LogP contribution >= 0.6 is 11.8 Å². The molecule has 0 aromatic rings. The van der Waals surface area contributed by atoms with Crippen LogP contribution in [0.4, 0.5) is 0 Å². The van der Waals surface area contributed by atoms with Crippen molar-refractivity contribution in [3.8, 4) is 0 Å². The Balaban J connectivity index is -0.0000000637. The summed E-state index contributed by atoms with van der Waals surface area (Å²) in [5, 5.41) is 24.2. The molecule has 0 atom stereocenters. The second-order valence-corrected chi connectivity index (χ2v) is 9.08. The zero-order valence-corrected chi connectivity index (χ0v) is 25.1. The Kier molecular flexibility index (Phi) is 81.9. The third-order valence-corrected chi connectivity index (χ3v) is 4.09. The van der Waals surface area contributed by atoms with Crippen molar-refractivity contribution in [2.24, 2.45) is 5.92 Å². The summed E-state index contributed by atoms with van der Waals surface area (Å²) in [6.07, 6.45) is 16.8. The van der Waals surface area contributed by atoms with E-state index in [9.17, 15) is 0 Å². The fraction of sp³-hybridized carbons (Fsp3) is 0.929. The van der Waals surface area contributed by atoms with Crippen molar-refractivity contribution in [1.29, 1.82) is 0 Å². The van der Waals surface area contributed by atoms with Crippen LogP contribution in [0, 0.1) is 5.92 Å². The van der Waals surface area contributed by atoms with E-state index in [2.05, 4.69) is 68.4 Å². The Morgan fingerprint density at radius 2 is 1.09 bits per heavy atom. The number of aliphatic hydroxyl groups is 3. The van der Waals surface area contributed by atoms with Gasteiger partial charge in [-0.05, 0) is 45.3 Å². The van der Waals surface area contributed by atoms with Gasteiger partial charge in [0.2, 0.25) is 0 Å². The maximum Gasteiger partial charge on any atom is 0.0521 e. The molecule has 0 radical (unpaired) electrons. The molecule has 0 heterocycles. The highest BCUT2D eigenvalue weighted by Crippen LogP contribution is 1.95. The van der Waals surface area contributed by atoms with Crippen molar-refractivity contribution < 1.29 is 15.3 Å². The van der Waals surface area contributed by atoms with Gasteiger partial charge in [-0.3, -0.25) is 0 Å². The molecule has 0 saturated carbocycles. The Bertz CT molecular complexity index is 237. The first-order valence-electron chi connectivity index (χ1n) is 13.1. The zero-order chi connectivity index (χ0) is 26.5. The fourth-order valence-corrected chi connectivity index (χ4v) is 1.79. The maximum atomic E-state index is 8.24. The molecule has 3 N–H and O–H groups in total. The van der Waals surface area contributed by atoms with Crippen molar-refractivity contribution in [3.05, 3.63) is 11.6 Å². The summed E-state index contributed by atoms with van der Waals surface area (Å²) in [5.41, 5.74) is 1.41. The van der Waals surface area contributed by atoms with Gasteiger partial charge in [0, 0.05) is 19.0 Å². The molecule has 32 heavy (non-hydrogen) atoms. The van der Waals surface area contributed by atoms with Crippen LogP contribution in [-0.2, 0) is 0 Å². The molecule has 0 bridgehead atoms. The van der Waals surface area contributed by atoms with E-state index in [0.29, 0.717) is 25.7 Å². The SMILES string of the molecule is CC(C)CCO.CCC=C(C)C.CCCCC.CCCCCC.CCCO.CSCCO. The van der Waals surface area contributed by atoms with Gasteiger partial charge in [0.25, 0.3) is 0 Å². The van der Waals surface area contributed by atoms with Crippen molar-refractivity contribution >= 4 is 11.8 Å². The van der Waals surface area contributed by atoms with Gasteiger partial charge in [0.05, 0.1) is 6.61 Å². The van der Waals surface area contributed by atoms with E-state index in [1.165, 1.54) is 56.9 Å². The van der Waals surface area contributed by atoms with E-state index in [1.807, 2.05) is 13.2 Å². The van der Waals surface area contributed by atoms with Crippen molar-refractivity contribution in [2.75, 3.05) is 31.8 Å². The lowest BCUT2D eigenvalue weighted by molar-refractivity contribution is 0.268. The average Bonchev–Trinajstić information content (AvgIpc) is 2.75. The van der Waals surface area contributed by atoms with Crippen LogP contribution in [0.15, 0.2) is 11.6 Å². The molecule has 0 rings (SSSR count). The Morgan fingerprint density at radius 3 is 1.12 bits per heavy atom. The second kappa shape index (κ2) is 57.6. The molecule has 4 heteroatoms. The van der Waals surface area contributed by atoms with E-state index in [0.717, 1.165) is 18.6 Å². The molecule has 0 fully saturated rings. The van der Waals surface area contributed by atoms with Crippen molar-refractivity contribution in [2.45, 2.75) is 133 Å². The smallest absolute Gasteiger partial charge is 0.0521 e. The lowest BCUT2D eigenvalue weighted by Gasteiger charge is -1.95. The highest BCUT2D eigenvalue weighted by Gasteiger charge is 1.86. The summed E-state index contributed by atoms with van der Waals surface area (Å²) < 4.78 is 0. The van der Waals surface area contributed by atoms with Gasteiger partial charge < -0.3 is 15.3 Å². The number of hydrogen-bond donors (Lipinski definition) is 3. The van der Waals surface area contributed by atoms with Crippen LogP contribution in [-0.4, -0.2) is 47.1 Å². The van der Waals surface area contributed by atoms with Gasteiger partial charge in [-0.2, -0.15) is 11.8 Å². The quantitative estimate of drug-likeness (QED) is 0.203. The second-order valence-electron chi connectivity index (χ2n) is 8.10. The lowest BCUT2D eigenvalue weighted by Crippen LogP contribution is -1.89. The van der Waals surface area contributed by atoms with Gasteiger partial charge in [0.1, 0.15) is 0 Å². The maximum absolute atomic E-state index is 8.24. The van der Waals surface area contributed by atoms with E-state index in [-0.39, 0.29) is 0 Å². The van der Waals surface area contributed by atoms with Crippen LogP contribution in [0.25, 0.3) is 0 Å². The van der Waals surface area contributed by atoms with Gasteiger partial charge in [-0.25, -0.2) is 0 Å². The molecular weight excluding hydrogens is 416 g/mol. The average molecular weight is 483 g/mol. The molecule has 0 unspecified atom stereocenters. The summed E-state index contributed by atoms with van der Waals surface area (Å²) in [6.45, 7) is 22.3. The Labute approximate surface area is 209 Å². The highest BCUT2D eigenvalue weighted by atomic mass is 32.2. The van der Waals surface area contributed by atoms with Crippen LogP contribution in [0.2, 0.25) is 0 Å². The first kappa shape index (κ1) is 45.5. The molecule has 0 aromatic heterocycles. The molecule has 0 saturated heterocycles. The number of aliphatic hydroxyl groups excluding tert-OH is 3. The summed E-state index contributed by atoms with van der Waals surface area (Å²) in [6, 6.07) is 0. The van der Waals surface area contributed by atoms with Crippen LogP contribution in [0.3, 0.4) is 0 Å². The molecule has 0 aliphatic rings. The van der Waals surface area contributed by atoms with Gasteiger partial charge >= 0.3 is 0 Å². The minimum Gasteiger partial charge on any atom is -0.396 e. The number of hydrogen-bond acceptors (Lipinski definition) is 4. The molecule has 0 aliphatic carbocycles. The molecule has 0 spiro atoms. The molecular formula is C28H66O3S. The van der Waals surface area contributed by atoms with E-state index in [4.69, 9.17) is 15.3 Å². The molecule has 3 nitrogen and oxygen atoms in total. The first-order chi connectivity index (χ1) is 15.2. The third-order valence-electron chi connectivity index (χ3n) is 3.50. The molecule has 0 aromatic carbocycles. The van der Waals surface area contributed by atoms with Crippen molar-refractivity contribution in [1.82, 2.24) is 0 Å². The van der Waals surface area contributed by atoms with Crippen LogP contribution in [0.5, 0.6) is 0 Å². The fourth-order valence-electron chi connectivity index (χ4n) is 1.61. The molecule has 0 aliphatic heterocycles. The third kappa shape index (κ3) is 129. The predicted octanol–water partition coefficient (Wildman–Crippen LogP) is 8.90. The molecule has 202 valence electrons. The summed E-state index contributed by atoms with van der Waals surface area (Å²) in [4.78, 5) is 0. The number of unbranched alkanes of at least 4 members (excludes halogenated alkanes) is 5. The Morgan fingerprint density at radius 1 is 0.688 bits per heavy atom. The van der Waals surface area contributed by atoms with Gasteiger partial charge in [-0.15, -0.1) is 0 Å². The number of allylic oxidation sites excluding steroid dienone is 2. The summed E-state index contributed by atoms with van der Waals surface area (Å²) in [7, 11) is 0. The van der Waals surface area contributed by atoms with Crippen LogP contribution < -0.4 is 0 Å². The monoisotopic (exact) mass is 482 g/mol. The predicted molar refractivity (Wildman–Crippen MR) is 154 cm³/mol. The largest absolute Gasteiger partial charge is 0.396 e. The normalized spacial score (nSPS) is 8.59. The zero-order valence-electron chi connectivity index (χ0n) is 24.3.